The Morgan fingerprint density at radius 3 is 2.63 bits per heavy atom. The van der Waals surface area contributed by atoms with Crippen LogP contribution in [0.5, 0.6) is 5.75 Å². The van der Waals surface area contributed by atoms with Crippen LogP contribution in [0.25, 0.3) is 0 Å². The molecule has 1 atom stereocenters. The van der Waals surface area contributed by atoms with Gasteiger partial charge in [-0.15, -0.1) is 0 Å². The van der Waals surface area contributed by atoms with Gasteiger partial charge in [0.15, 0.2) is 11.6 Å². The normalized spacial score (nSPS) is 19.4. The molecule has 0 radical (unpaired) electrons. The predicted octanol–water partition coefficient (Wildman–Crippen LogP) is 2.57. The highest BCUT2D eigenvalue weighted by molar-refractivity contribution is 5.31. The van der Waals surface area contributed by atoms with Gasteiger partial charge in [0, 0.05) is 12.6 Å². The fourth-order valence-electron chi connectivity index (χ4n) is 2.73. The van der Waals surface area contributed by atoms with Crippen molar-refractivity contribution in [3.63, 3.8) is 0 Å². The van der Waals surface area contributed by atoms with Crippen LogP contribution in [0.4, 0.5) is 4.39 Å². The molecule has 1 aliphatic heterocycles. The average Bonchev–Trinajstić information content (AvgIpc) is 2.42. The van der Waals surface area contributed by atoms with E-state index in [-0.39, 0.29) is 17.6 Å². The zero-order valence-electron chi connectivity index (χ0n) is 11.7. The molecule has 0 aromatic heterocycles. The largest absolute Gasteiger partial charge is 0.494 e. The van der Waals surface area contributed by atoms with Crippen LogP contribution in [0.3, 0.4) is 0 Å². The van der Waals surface area contributed by atoms with Gasteiger partial charge < -0.3 is 10.5 Å². The molecule has 1 fully saturated rings. The number of ether oxygens (including phenoxy) is 1. The third-order valence-electron chi connectivity index (χ3n) is 4.04. The molecule has 0 bridgehead atoms. The average molecular weight is 266 g/mol. The number of piperidine rings is 1. The Kier molecular flexibility index (Phi) is 4.77. The molecule has 1 heterocycles. The second-order valence-corrected chi connectivity index (χ2v) is 5.36. The first kappa shape index (κ1) is 14.3. The first-order valence-corrected chi connectivity index (χ1v) is 6.93. The van der Waals surface area contributed by atoms with Crippen LogP contribution >= 0.6 is 0 Å². The number of methoxy groups -OCH3 is 1. The zero-order valence-corrected chi connectivity index (χ0v) is 11.7. The Balaban J connectivity index is 2.15. The van der Waals surface area contributed by atoms with E-state index < -0.39 is 0 Å². The predicted molar refractivity (Wildman–Crippen MR) is 74.7 cm³/mol. The maximum atomic E-state index is 13.8. The highest BCUT2D eigenvalue weighted by Crippen LogP contribution is 2.28. The van der Waals surface area contributed by atoms with Crippen LogP contribution in [-0.4, -0.2) is 31.6 Å². The van der Waals surface area contributed by atoms with E-state index in [0.717, 1.165) is 24.6 Å². The van der Waals surface area contributed by atoms with Crippen molar-refractivity contribution in [2.24, 2.45) is 11.7 Å². The molecule has 1 aliphatic rings. The summed E-state index contributed by atoms with van der Waals surface area (Å²) < 4.78 is 18.7. The van der Waals surface area contributed by atoms with E-state index in [0.29, 0.717) is 6.54 Å². The third kappa shape index (κ3) is 3.25. The SMILES string of the molecule is COc1ccc(C(CN)N2CCC(C)CC2)cc1F. The number of halogens is 1. The number of hydrogen-bond acceptors (Lipinski definition) is 3. The first-order chi connectivity index (χ1) is 9.15. The zero-order chi connectivity index (χ0) is 13.8. The smallest absolute Gasteiger partial charge is 0.165 e. The maximum absolute atomic E-state index is 13.8. The summed E-state index contributed by atoms with van der Waals surface area (Å²) in [5.41, 5.74) is 6.84. The number of hydrogen-bond donors (Lipinski definition) is 1. The van der Waals surface area contributed by atoms with E-state index in [1.807, 2.05) is 6.07 Å². The molecule has 1 unspecified atom stereocenters. The van der Waals surface area contributed by atoms with Crippen LogP contribution in [0.1, 0.15) is 31.4 Å². The van der Waals surface area contributed by atoms with Crippen molar-refractivity contribution in [2.75, 3.05) is 26.7 Å². The quantitative estimate of drug-likeness (QED) is 0.910. The lowest BCUT2D eigenvalue weighted by Crippen LogP contribution is -2.39. The topological polar surface area (TPSA) is 38.5 Å². The Morgan fingerprint density at radius 1 is 1.42 bits per heavy atom. The molecular formula is C15H23FN2O. The fourth-order valence-corrected chi connectivity index (χ4v) is 2.73. The summed E-state index contributed by atoms with van der Waals surface area (Å²) >= 11 is 0. The molecule has 19 heavy (non-hydrogen) atoms. The van der Waals surface area contributed by atoms with Gasteiger partial charge in [-0.2, -0.15) is 0 Å². The van der Waals surface area contributed by atoms with Gasteiger partial charge >= 0.3 is 0 Å². The number of likely N-dealkylation sites (tertiary alicyclic amines) is 1. The summed E-state index contributed by atoms with van der Waals surface area (Å²) in [4.78, 5) is 2.36. The number of rotatable bonds is 4. The van der Waals surface area contributed by atoms with E-state index in [1.54, 1.807) is 12.1 Å². The first-order valence-electron chi connectivity index (χ1n) is 6.93. The Morgan fingerprint density at radius 2 is 2.11 bits per heavy atom. The summed E-state index contributed by atoms with van der Waals surface area (Å²) in [5, 5.41) is 0. The van der Waals surface area contributed by atoms with Gasteiger partial charge in [-0.3, -0.25) is 4.90 Å². The van der Waals surface area contributed by atoms with Gasteiger partial charge in [0.2, 0.25) is 0 Å². The van der Waals surface area contributed by atoms with Crippen LogP contribution in [0, 0.1) is 11.7 Å². The van der Waals surface area contributed by atoms with Crippen molar-refractivity contribution in [3.05, 3.63) is 29.6 Å². The molecule has 0 amide bonds. The Hall–Kier alpha value is -1.13. The van der Waals surface area contributed by atoms with Gasteiger partial charge in [-0.25, -0.2) is 4.39 Å². The summed E-state index contributed by atoms with van der Waals surface area (Å²) in [6.45, 7) is 4.87. The van der Waals surface area contributed by atoms with E-state index in [9.17, 15) is 4.39 Å². The second-order valence-electron chi connectivity index (χ2n) is 5.36. The van der Waals surface area contributed by atoms with Crippen LogP contribution in [0.2, 0.25) is 0 Å². The molecule has 2 N–H and O–H groups in total. The van der Waals surface area contributed by atoms with Crippen molar-refractivity contribution in [1.29, 1.82) is 0 Å². The monoisotopic (exact) mass is 266 g/mol. The van der Waals surface area contributed by atoms with Crippen LogP contribution in [-0.2, 0) is 0 Å². The fraction of sp³-hybridized carbons (Fsp3) is 0.600. The van der Waals surface area contributed by atoms with Crippen LogP contribution < -0.4 is 10.5 Å². The molecule has 2 rings (SSSR count). The number of benzene rings is 1. The number of nitrogens with zero attached hydrogens (tertiary/aromatic N) is 1. The lowest BCUT2D eigenvalue weighted by Gasteiger charge is -2.36. The molecule has 3 nitrogen and oxygen atoms in total. The Labute approximate surface area is 114 Å². The van der Waals surface area contributed by atoms with Gasteiger partial charge in [0.1, 0.15) is 0 Å². The standard InChI is InChI=1S/C15H23FN2O/c1-11-5-7-18(8-6-11)14(10-17)12-3-4-15(19-2)13(16)9-12/h3-4,9,11,14H,5-8,10,17H2,1-2H3. The van der Waals surface area contributed by atoms with Crippen molar-refractivity contribution in [3.8, 4) is 5.75 Å². The third-order valence-corrected chi connectivity index (χ3v) is 4.04. The van der Waals surface area contributed by atoms with Crippen molar-refractivity contribution < 1.29 is 9.13 Å². The molecule has 1 aromatic carbocycles. The van der Waals surface area contributed by atoms with E-state index >= 15 is 0 Å². The minimum Gasteiger partial charge on any atom is -0.494 e. The second kappa shape index (κ2) is 6.35. The minimum atomic E-state index is -0.316. The molecule has 1 saturated heterocycles. The van der Waals surface area contributed by atoms with Crippen LogP contribution in [0.15, 0.2) is 18.2 Å². The minimum absolute atomic E-state index is 0.105. The lowest BCUT2D eigenvalue weighted by atomic mass is 9.95. The van der Waals surface area contributed by atoms with Crippen molar-refractivity contribution >= 4 is 0 Å². The van der Waals surface area contributed by atoms with Gasteiger partial charge in [-0.05, 0) is 49.5 Å². The van der Waals surface area contributed by atoms with Gasteiger partial charge in [-0.1, -0.05) is 13.0 Å². The lowest BCUT2D eigenvalue weighted by molar-refractivity contribution is 0.141. The molecule has 0 spiro atoms. The molecule has 106 valence electrons. The summed E-state index contributed by atoms with van der Waals surface area (Å²) in [7, 11) is 1.48. The molecule has 0 aliphatic carbocycles. The van der Waals surface area contributed by atoms with Crippen molar-refractivity contribution in [1.82, 2.24) is 4.90 Å². The van der Waals surface area contributed by atoms with Crippen molar-refractivity contribution in [2.45, 2.75) is 25.8 Å². The summed E-state index contributed by atoms with van der Waals surface area (Å²) in [6.07, 6.45) is 2.38. The maximum Gasteiger partial charge on any atom is 0.165 e. The molecule has 1 aromatic rings. The van der Waals surface area contributed by atoms with Gasteiger partial charge in [0.25, 0.3) is 0 Å². The molecule has 0 saturated carbocycles. The summed E-state index contributed by atoms with van der Waals surface area (Å²) in [5.74, 6) is 0.748. The highest BCUT2D eigenvalue weighted by atomic mass is 19.1. The molecule has 4 heteroatoms. The summed E-state index contributed by atoms with van der Waals surface area (Å²) in [6, 6.07) is 5.25. The highest BCUT2D eigenvalue weighted by Gasteiger charge is 2.24. The van der Waals surface area contributed by atoms with E-state index in [1.165, 1.54) is 20.0 Å². The van der Waals surface area contributed by atoms with E-state index in [4.69, 9.17) is 10.5 Å². The van der Waals surface area contributed by atoms with Gasteiger partial charge in [0.05, 0.1) is 7.11 Å². The molecular weight excluding hydrogens is 243 g/mol. The number of nitrogens with two attached hydrogens (primary N) is 1. The Bertz CT molecular complexity index is 417. The van der Waals surface area contributed by atoms with E-state index in [2.05, 4.69) is 11.8 Å².